The molecule has 5 atom stereocenters. The van der Waals surface area contributed by atoms with Crippen molar-refractivity contribution >= 4 is 29.2 Å². The fraction of sp³-hybridized carbons (Fsp3) is 0.577. The van der Waals surface area contributed by atoms with E-state index in [4.69, 9.17) is 4.74 Å². The summed E-state index contributed by atoms with van der Waals surface area (Å²) >= 11 is 1.55. The molecule has 2 N–H and O–H groups in total. The van der Waals surface area contributed by atoms with E-state index in [9.17, 15) is 19.8 Å². The molecule has 1 aromatic heterocycles. The van der Waals surface area contributed by atoms with Gasteiger partial charge in [0, 0.05) is 17.7 Å². The van der Waals surface area contributed by atoms with E-state index in [1.165, 1.54) is 0 Å². The van der Waals surface area contributed by atoms with Gasteiger partial charge in [-0.3, -0.25) is 9.59 Å². The highest BCUT2D eigenvalue weighted by molar-refractivity contribution is 7.09. The largest absolute Gasteiger partial charge is 0.457 e. The van der Waals surface area contributed by atoms with Crippen LogP contribution in [0.2, 0.25) is 0 Å². The van der Waals surface area contributed by atoms with Crippen molar-refractivity contribution in [1.29, 1.82) is 0 Å². The lowest BCUT2D eigenvalue weighted by atomic mass is 9.73. The zero-order valence-electron chi connectivity index (χ0n) is 20.4. The van der Waals surface area contributed by atoms with Crippen LogP contribution in [0.4, 0.5) is 0 Å². The molecule has 0 aromatic carbocycles. The van der Waals surface area contributed by atoms with E-state index >= 15 is 0 Å². The minimum absolute atomic E-state index is 0.126. The highest BCUT2D eigenvalue weighted by Crippen LogP contribution is 2.32. The number of aliphatic hydroxyl groups excluding tert-OH is 2. The molecular weight excluding hydrogens is 438 g/mol. The summed E-state index contributed by atoms with van der Waals surface area (Å²) in [5.74, 6) is -1.64. The number of ether oxygens (including phenoxy) is 1. The normalized spacial score (nSPS) is 32.2. The number of carbonyl (C=O) groups is 2. The Morgan fingerprint density at radius 2 is 1.82 bits per heavy atom. The zero-order chi connectivity index (χ0) is 24.8. The Bertz CT molecular complexity index is 914. The molecule has 2 heterocycles. The molecule has 1 aliphatic rings. The third-order valence-corrected chi connectivity index (χ3v) is 7.16. The number of ketones is 1. The summed E-state index contributed by atoms with van der Waals surface area (Å²) in [6.07, 6.45) is 7.77. The average molecular weight is 476 g/mol. The molecule has 7 heteroatoms. The van der Waals surface area contributed by atoms with Crippen LogP contribution in [0, 0.1) is 24.2 Å². The lowest BCUT2D eigenvalue weighted by molar-refractivity contribution is -0.154. The molecule has 0 fully saturated rings. The Balaban J connectivity index is 2.32. The van der Waals surface area contributed by atoms with Crippen LogP contribution in [-0.4, -0.2) is 45.3 Å². The minimum atomic E-state index is -1.23. The molecular formula is C26H37NO5S. The van der Waals surface area contributed by atoms with Gasteiger partial charge < -0.3 is 14.9 Å². The first-order valence-corrected chi connectivity index (χ1v) is 12.3. The predicted molar refractivity (Wildman–Crippen MR) is 132 cm³/mol. The maximum absolute atomic E-state index is 13.1. The highest BCUT2D eigenvalue weighted by atomic mass is 32.1. The lowest BCUT2D eigenvalue weighted by Crippen LogP contribution is -2.45. The Morgan fingerprint density at radius 3 is 2.42 bits per heavy atom. The summed E-state index contributed by atoms with van der Waals surface area (Å²) < 4.78 is 5.73. The van der Waals surface area contributed by atoms with Crippen LogP contribution in [0.25, 0.3) is 6.08 Å². The number of thiazole rings is 1. The van der Waals surface area contributed by atoms with Crippen molar-refractivity contribution in [3.63, 3.8) is 0 Å². The molecule has 0 saturated carbocycles. The van der Waals surface area contributed by atoms with E-state index in [2.05, 4.69) is 4.98 Å². The number of nitrogens with zero attached hydrogens (tertiary/aromatic N) is 1. The second-order valence-electron chi connectivity index (χ2n) is 9.55. The molecule has 5 unspecified atom stereocenters. The number of allylic oxidation sites excluding steroid dienone is 3. The first-order valence-electron chi connectivity index (χ1n) is 11.4. The molecule has 0 amide bonds. The van der Waals surface area contributed by atoms with Gasteiger partial charge in [0.1, 0.15) is 11.9 Å². The number of carbonyl (C=O) groups excluding carboxylic acids is 2. The second kappa shape index (κ2) is 11.9. The van der Waals surface area contributed by atoms with Crippen molar-refractivity contribution in [2.45, 2.75) is 79.1 Å². The number of hydrogen-bond donors (Lipinski definition) is 2. The molecule has 0 aliphatic carbocycles. The van der Waals surface area contributed by atoms with Gasteiger partial charge in [-0.2, -0.15) is 0 Å². The number of Topliss-reactive ketones (excluding diaryl/α,β-unsaturated/α-hetero) is 1. The quantitative estimate of drug-likeness (QED) is 0.604. The van der Waals surface area contributed by atoms with Crippen molar-refractivity contribution in [3.05, 3.63) is 46.0 Å². The monoisotopic (exact) mass is 475 g/mol. The summed E-state index contributed by atoms with van der Waals surface area (Å²) in [5.41, 5.74) is 0.457. The number of hydrogen-bond acceptors (Lipinski definition) is 7. The summed E-state index contributed by atoms with van der Waals surface area (Å²) in [6, 6.07) is 0. The van der Waals surface area contributed by atoms with Crippen molar-refractivity contribution in [3.8, 4) is 0 Å². The van der Waals surface area contributed by atoms with Crippen molar-refractivity contribution in [2.75, 3.05) is 0 Å². The van der Waals surface area contributed by atoms with Crippen LogP contribution in [0.5, 0.6) is 0 Å². The van der Waals surface area contributed by atoms with E-state index in [-0.39, 0.29) is 18.1 Å². The number of esters is 1. The van der Waals surface area contributed by atoms with Crippen LogP contribution in [0.1, 0.15) is 64.6 Å². The van der Waals surface area contributed by atoms with Crippen LogP contribution >= 0.6 is 11.3 Å². The van der Waals surface area contributed by atoms with Crippen molar-refractivity contribution in [2.24, 2.45) is 17.3 Å². The standard InChI is InChI=1S/C26H37NO5S/c1-16-11-9-7-8-10-12-21(17(2)13-20-15-33-19(4)27-20)32-23(29)14-22(28)26(5,6)25(31)18(3)24(16)30/h7-10,13,15-16,18,21-22,24,28,30H,11-12,14H2,1-6H3/b9-7-,10-8+,17-13+. The van der Waals surface area contributed by atoms with Gasteiger partial charge in [0.15, 0.2) is 0 Å². The fourth-order valence-electron chi connectivity index (χ4n) is 3.91. The number of rotatable bonds is 2. The van der Waals surface area contributed by atoms with Gasteiger partial charge in [0.05, 0.1) is 34.7 Å². The van der Waals surface area contributed by atoms with E-state index < -0.39 is 35.6 Å². The molecule has 0 radical (unpaired) electrons. The van der Waals surface area contributed by atoms with E-state index in [0.717, 1.165) is 16.3 Å². The molecule has 182 valence electrons. The van der Waals surface area contributed by atoms with E-state index in [1.54, 1.807) is 32.1 Å². The smallest absolute Gasteiger partial charge is 0.309 e. The fourth-order valence-corrected chi connectivity index (χ4v) is 4.48. The highest BCUT2D eigenvalue weighted by Gasteiger charge is 2.42. The van der Waals surface area contributed by atoms with Crippen LogP contribution in [-0.2, 0) is 14.3 Å². The minimum Gasteiger partial charge on any atom is -0.457 e. The number of cyclic esters (lactones) is 1. The number of aromatic nitrogens is 1. The number of aryl methyl sites for hydroxylation is 1. The first kappa shape index (κ1) is 27.2. The summed E-state index contributed by atoms with van der Waals surface area (Å²) in [7, 11) is 0. The molecule has 0 spiro atoms. The Kier molecular flexibility index (Phi) is 9.76. The zero-order valence-corrected chi connectivity index (χ0v) is 21.3. The van der Waals surface area contributed by atoms with Gasteiger partial charge in [0.25, 0.3) is 0 Å². The van der Waals surface area contributed by atoms with E-state index in [1.807, 2.05) is 56.5 Å². The Morgan fingerprint density at radius 1 is 1.18 bits per heavy atom. The van der Waals surface area contributed by atoms with Gasteiger partial charge in [-0.15, -0.1) is 11.3 Å². The second-order valence-corrected chi connectivity index (χ2v) is 10.6. The van der Waals surface area contributed by atoms with Crippen molar-refractivity contribution in [1.82, 2.24) is 4.98 Å². The van der Waals surface area contributed by atoms with Crippen molar-refractivity contribution < 1.29 is 24.5 Å². The summed E-state index contributed by atoms with van der Waals surface area (Å²) in [6.45, 7) is 10.6. The van der Waals surface area contributed by atoms with Gasteiger partial charge >= 0.3 is 5.97 Å². The van der Waals surface area contributed by atoms with E-state index in [0.29, 0.717) is 12.8 Å². The average Bonchev–Trinajstić information content (AvgIpc) is 3.16. The maximum Gasteiger partial charge on any atom is 0.309 e. The first-order chi connectivity index (χ1) is 15.4. The van der Waals surface area contributed by atoms with Gasteiger partial charge in [-0.05, 0) is 37.8 Å². The molecule has 0 bridgehead atoms. The Labute approximate surface area is 201 Å². The van der Waals surface area contributed by atoms with Gasteiger partial charge in [-0.25, -0.2) is 4.98 Å². The lowest BCUT2D eigenvalue weighted by Gasteiger charge is -2.34. The molecule has 2 rings (SSSR count). The Hall–Kier alpha value is -2.09. The van der Waals surface area contributed by atoms with Crippen LogP contribution in [0.15, 0.2) is 35.3 Å². The molecule has 6 nitrogen and oxygen atoms in total. The third-order valence-electron chi connectivity index (χ3n) is 6.37. The SMILES string of the molecule is C/C(=C\c1csc(C)n1)C1C/C=C/C=C\CC(C)C(O)C(C)C(=O)C(C)(C)C(O)CC(=O)O1. The summed E-state index contributed by atoms with van der Waals surface area (Å²) in [4.78, 5) is 30.3. The third kappa shape index (κ3) is 7.45. The molecule has 1 aliphatic heterocycles. The van der Waals surface area contributed by atoms with Gasteiger partial charge in [-0.1, -0.05) is 52.0 Å². The van der Waals surface area contributed by atoms with Crippen LogP contribution < -0.4 is 0 Å². The molecule has 0 saturated heterocycles. The van der Waals surface area contributed by atoms with Crippen LogP contribution in [0.3, 0.4) is 0 Å². The summed E-state index contributed by atoms with van der Waals surface area (Å²) in [5, 5.41) is 24.3. The predicted octanol–water partition coefficient (Wildman–Crippen LogP) is 4.65. The number of aliphatic hydroxyl groups is 2. The molecule has 1 aromatic rings. The molecule has 33 heavy (non-hydrogen) atoms. The maximum atomic E-state index is 13.1. The topological polar surface area (TPSA) is 96.7 Å². The van der Waals surface area contributed by atoms with Gasteiger partial charge in [0.2, 0.25) is 0 Å².